The lowest BCUT2D eigenvalue weighted by atomic mass is 10.1. The van der Waals surface area contributed by atoms with E-state index in [-0.39, 0.29) is 17.0 Å². The van der Waals surface area contributed by atoms with Crippen LogP contribution in [0.5, 0.6) is 0 Å². The van der Waals surface area contributed by atoms with E-state index < -0.39 is 6.17 Å². The predicted octanol–water partition coefficient (Wildman–Crippen LogP) is -2.46. The Labute approximate surface area is 62.6 Å². The minimum atomic E-state index is -0.727. The first-order valence-corrected chi connectivity index (χ1v) is 3.42. The molecule has 3 atom stereocenters. The quantitative estimate of drug-likeness (QED) is 0.250. The number of hydrogen-bond acceptors (Lipinski definition) is 6. The van der Waals surface area contributed by atoms with E-state index in [1.807, 2.05) is 0 Å². The third kappa shape index (κ3) is 0.979. The third-order valence-corrected chi connectivity index (χ3v) is 2.01. The van der Waals surface area contributed by atoms with Crippen LogP contribution >= 0.6 is 0 Å². The first kappa shape index (κ1) is 6.92. The molecule has 0 aromatic rings. The van der Waals surface area contributed by atoms with Gasteiger partial charge in [0, 0.05) is 11.5 Å². The van der Waals surface area contributed by atoms with E-state index >= 15 is 0 Å². The second kappa shape index (κ2) is 2.38. The van der Waals surface area contributed by atoms with Gasteiger partial charge in [-0.2, -0.15) is 5.43 Å². The average molecular weight is 159 g/mol. The van der Waals surface area contributed by atoms with E-state index in [0.29, 0.717) is 6.54 Å². The van der Waals surface area contributed by atoms with E-state index in [1.54, 1.807) is 0 Å². The Hall–Kier alpha value is -0.760. The van der Waals surface area contributed by atoms with E-state index in [9.17, 15) is 10.1 Å². The molecule has 3 unspecified atom stereocenters. The van der Waals surface area contributed by atoms with Gasteiger partial charge >= 0.3 is 0 Å². The molecule has 2 aliphatic rings. The Kier molecular flexibility index (Phi) is 1.50. The summed E-state index contributed by atoms with van der Waals surface area (Å²) in [6.45, 7) is 0.710. The standard InChI is InChI=1S/C4H9N5O2/c10-9(11)4-3-2(6-8-4)1-5-7-3/h2-8H,1H2. The molecule has 0 aromatic heterocycles. The monoisotopic (exact) mass is 159 g/mol. The maximum Gasteiger partial charge on any atom is 0.296 e. The number of hydrogen-bond donors (Lipinski definition) is 4. The summed E-state index contributed by atoms with van der Waals surface area (Å²) >= 11 is 0. The van der Waals surface area contributed by atoms with Crippen LogP contribution in [0.2, 0.25) is 0 Å². The summed E-state index contributed by atoms with van der Waals surface area (Å²) in [7, 11) is 0. The van der Waals surface area contributed by atoms with Crippen LogP contribution in [0.25, 0.3) is 0 Å². The fourth-order valence-corrected chi connectivity index (χ4v) is 1.42. The van der Waals surface area contributed by atoms with Crippen LogP contribution in [0.3, 0.4) is 0 Å². The minimum absolute atomic E-state index is 0.116. The zero-order valence-electron chi connectivity index (χ0n) is 5.70. The van der Waals surface area contributed by atoms with Crippen molar-refractivity contribution in [1.29, 1.82) is 0 Å². The molecule has 2 rings (SSSR count). The Balaban J connectivity index is 2.08. The van der Waals surface area contributed by atoms with Crippen molar-refractivity contribution >= 4 is 0 Å². The van der Waals surface area contributed by atoms with Crippen molar-refractivity contribution < 1.29 is 4.92 Å². The molecule has 4 N–H and O–H groups in total. The Morgan fingerprint density at radius 3 is 2.91 bits per heavy atom. The van der Waals surface area contributed by atoms with Gasteiger partial charge < -0.3 is 0 Å². The molecule has 11 heavy (non-hydrogen) atoms. The molecule has 2 saturated heterocycles. The summed E-state index contributed by atoms with van der Waals surface area (Å²) in [5, 5.41) is 10.4. The molecule has 7 nitrogen and oxygen atoms in total. The normalized spacial score (nSPS) is 42.4. The maximum atomic E-state index is 10.4. The van der Waals surface area contributed by atoms with Crippen molar-refractivity contribution in [2.24, 2.45) is 0 Å². The molecule has 0 aliphatic carbocycles. The molecule has 62 valence electrons. The van der Waals surface area contributed by atoms with Crippen molar-refractivity contribution in [2.45, 2.75) is 18.2 Å². The van der Waals surface area contributed by atoms with Gasteiger partial charge in [0.2, 0.25) is 0 Å². The molecule has 0 aromatic carbocycles. The fraction of sp³-hybridized carbons (Fsp3) is 1.00. The topological polar surface area (TPSA) is 91.3 Å². The lowest BCUT2D eigenvalue weighted by Gasteiger charge is -2.07. The highest BCUT2D eigenvalue weighted by molar-refractivity contribution is 4.95. The predicted molar refractivity (Wildman–Crippen MR) is 35.8 cm³/mol. The number of nitrogens with one attached hydrogen (secondary N) is 4. The summed E-state index contributed by atoms with van der Waals surface area (Å²) in [4.78, 5) is 10.0. The molecule has 7 heteroatoms. The second-order valence-electron chi connectivity index (χ2n) is 2.68. The highest BCUT2D eigenvalue weighted by atomic mass is 16.6. The van der Waals surface area contributed by atoms with E-state index in [4.69, 9.17) is 0 Å². The van der Waals surface area contributed by atoms with Gasteiger partial charge in [-0.15, -0.1) is 0 Å². The van der Waals surface area contributed by atoms with Crippen LogP contribution in [0.4, 0.5) is 0 Å². The first-order valence-electron chi connectivity index (χ1n) is 3.42. The van der Waals surface area contributed by atoms with Crippen molar-refractivity contribution in [3.63, 3.8) is 0 Å². The smallest absolute Gasteiger partial charge is 0.263 e. The summed E-state index contributed by atoms with van der Waals surface area (Å²) in [6.07, 6.45) is -0.727. The van der Waals surface area contributed by atoms with Gasteiger partial charge in [-0.25, -0.2) is 10.9 Å². The zero-order valence-corrected chi connectivity index (χ0v) is 5.70. The second-order valence-corrected chi connectivity index (χ2v) is 2.68. The zero-order chi connectivity index (χ0) is 7.84. The largest absolute Gasteiger partial charge is 0.296 e. The molecule has 2 heterocycles. The minimum Gasteiger partial charge on any atom is -0.263 e. The molecule has 0 bridgehead atoms. The number of fused-ring (bicyclic) bond motifs is 1. The van der Waals surface area contributed by atoms with Crippen LogP contribution in [-0.4, -0.2) is 29.7 Å². The summed E-state index contributed by atoms with van der Waals surface area (Å²) in [5.41, 5.74) is 11.1. The number of nitrogens with zero attached hydrogens (tertiary/aromatic N) is 1. The van der Waals surface area contributed by atoms with Crippen molar-refractivity contribution in [3.05, 3.63) is 10.1 Å². The summed E-state index contributed by atoms with van der Waals surface area (Å²) < 4.78 is 0. The maximum absolute atomic E-state index is 10.4. The molecule has 2 aliphatic heterocycles. The van der Waals surface area contributed by atoms with Gasteiger partial charge in [0.05, 0.1) is 6.04 Å². The van der Waals surface area contributed by atoms with Crippen molar-refractivity contribution in [2.75, 3.05) is 6.54 Å². The molecule has 0 radical (unpaired) electrons. The van der Waals surface area contributed by atoms with Gasteiger partial charge in [0.25, 0.3) is 6.17 Å². The SMILES string of the molecule is O=[N+]([O-])C1NNC2CNNC21. The molecular formula is C4H9N5O2. The van der Waals surface area contributed by atoms with E-state index in [1.165, 1.54) is 0 Å². The first-order chi connectivity index (χ1) is 5.29. The average Bonchev–Trinajstić information content (AvgIpc) is 2.41. The van der Waals surface area contributed by atoms with Gasteiger partial charge in [-0.1, -0.05) is 0 Å². The Bertz CT molecular complexity index is 185. The molecular weight excluding hydrogens is 150 g/mol. The van der Waals surface area contributed by atoms with Crippen LogP contribution in [-0.2, 0) is 0 Å². The summed E-state index contributed by atoms with van der Waals surface area (Å²) in [5.74, 6) is 0. The molecule has 0 amide bonds. The lowest BCUT2D eigenvalue weighted by Crippen LogP contribution is -2.47. The Morgan fingerprint density at radius 1 is 1.36 bits per heavy atom. The highest BCUT2D eigenvalue weighted by Crippen LogP contribution is 2.08. The van der Waals surface area contributed by atoms with Crippen LogP contribution < -0.4 is 21.7 Å². The summed E-state index contributed by atoms with van der Waals surface area (Å²) in [6, 6.07) is -0.0320. The van der Waals surface area contributed by atoms with Gasteiger partial charge in [0.1, 0.15) is 6.04 Å². The highest BCUT2D eigenvalue weighted by Gasteiger charge is 2.46. The third-order valence-electron chi connectivity index (χ3n) is 2.01. The van der Waals surface area contributed by atoms with Crippen molar-refractivity contribution in [3.8, 4) is 0 Å². The lowest BCUT2D eigenvalue weighted by molar-refractivity contribution is -0.530. The number of rotatable bonds is 1. The van der Waals surface area contributed by atoms with Crippen LogP contribution in [0.15, 0.2) is 0 Å². The Morgan fingerprint density at radius 2 is 2.18 bits per heavy atom. The van der Waals surface area contributed by atoms with E-state index in [0.717, 1.165) is 0 Å². The van der Waals surface area contributed by atoms with Crippen molar-refractivity contribution in [1.82, 2.24) is 21.7 Å². The van der Waals surface area contributed by atoms with E-state index in [2.05, 4.69) is 21.7 Å². The van der Waals surface area contributed by atoms with Gasteiger partial charge in [-0.3, -0.25) is 15.5 Å². The van der Waals surface area contributed by atoms with Gasteiger partial charge in [0.15, 0.2) is 0 Å². The number of nitro groups is 1. The number of hydrazine groups is 2. The molecule has 0 saturated carbocycles. The van der Waals surface area contributed by atoms with Crippen LogP contribution in [0.1, 0.15) is 0 Å². The molecule has 0 spiro atoms. The molecule has 2 fully saturated rings. The van der Waals surface area contributed by atoms with Crippen LogP contribution in [0, 0.1) is 10.1 Å². The van der Waals surface area contributed by atoms with Gasteiger partial charge in [-0.05, 0) is 0 Å². The fourth-order valence-electron chi connectivity index (χ4n) is 1.42.